The van der Waals surface area contributed by atoms with E-state index in [1.165, 1.54) is 22.5 Å². The molecule has 3 rings (SSSR count). The maximum absolute atomic E-state index is 12.0. The van der Waals surface area contributed by atoms with Crippen LogP contribution in [0.25, 0.3) is 0 Å². The standard InChI is InChI=1S/C17H17N3O3S/c1-11-2-4-12(5-3-11)8-13-9-18-17(24-13)19-14(21)10-20-15(22)6-7-16(20)23/h2-5,9H,6-8,10H2,1H3,(H,18,19,21). The Morgan fingerprint density at radius 2 is 1.88 bits per heavy atom. The average Bonchev–Trinajstić information content (AvgIpc) is 3.11. The van der Waals surface area contributed by atoms with Crippen molar-refractivity contribution in [2.75, 3.05) is 11.9 Å². The third-order valence-corrected chi connectivity index (χ3v) is 4.67. The number of carbonyl (C=O) groups excluding carboxylic acids is 3. The first-order chi connectivity index (χ1) is 11.5. The van der Waals surface area contributed by atoms with E-state index in [2.05, 4.69) is 34.6 Å². The summed E-state index contributed by atoms with van der Waals surface area (Å²) in [7, 11) is 0. The summed E-state index contributed by atoms with van der Waals surface area (Å²) in [5.41, 5.74) is 2.39. The van der Waals surface area contributed by atoms with Gasteiger partial charge in [0.1, 0.15) is 6.54 Å². The predicted molar refractivity (Wildman–Crippen MR) is 90.7 cm³/mol. The molecule has 0 saturated carbocycles. The van der Waals surface area contributed by atoms with Crippen molar-refractivity contribution < 1.29 is 14.4 Å². The molecule has 0 bridgehead atoms. The van der Waals surface area contributed by atoms with Gasteiger partial charge in [-0.15, -0.1) is 11.3 Å². The van der Waals surface area contributed by atoms with Gasteiger partial charge < -0.3 is 5.32 Å². The number of aryl methyl sites for hydroxylation is 1. The summed E-state index contributed by atoms with van der Waals surface area (Å²) in [6.45, 7) is 1.80. The van der Waals surface area contributed by atoms with Crippen molar-refractivity contribution in [1.82, 2.24) is 9.88 Å². The molecule has 6 nitrogen and oxygen atoms in total. The summed E-state index contributed by atoms with van der Waals surface area (Å²) in [4.78, 5) is 41.2. The van der Waals surface area contributed by atoms with Gasteiger partial charge in [0, 0.05) is 30.3 Å². The summed E-state index contributed by atoms with van der Waals surface area (Å²) in [5.74, 6) is -1.00. The monoisotopic (exact) mass is 343 g/mol. The highest BCUT2D eigenvalue weighted by molar-refractivity contribution is 7.15. The average molecular weight is 343 g/mol. The van der Waals surface area contributed by atoms with Crippen LogP contribution in [0, 0.1) is 6.92 Å². The van der Waals surface area contributed by atoms with Crippen LogP contribution in [0.2, 0.25) is 0 Å². The van der Waals surface area contributed by atoms with Crippen LogP contribution >= 0.6 is 11.3 Å². The number of benzene rings is 1. The quantitative estimate of drug-likeness (QED) is 0.844. The van der Waals surface area contributed by atoms with Crippen LogP contribution in [-0.4, -0.2) is 34.2 Å². The van der Waals surface area contributed by atoms with Gasteiger partial charge in [-0.25, -0.2) is 4.98 Å². The molecule has 24 heavy (non-hydrogen) atoms. The lowest BCUT2D eigenvalue weighted by atomic mass is 10.1. The van der Waals surface area contributed by atoms with Crippen LogP contribution in [0.4, 0.5) is 5.13 Å². The van der Waals surface area contributed by atoms with E-state index in [1.54, 1.807) is 6.20 Å². The Morgan fingerprint density at radius 3 is 2.54 bits per heavy atom. The molecule has 1 aliphatic rings. The van der Waals surface area contributed by atoms with Gasteiger partial charge in [0.05, 0.1) is 0 Å². The topological polar surface area (TPSA) is 79.4 Å². The number of anilines is 1. The number of hydrogen-bond acceptors (Lipinski definition) is 5. The first-order valence-electron chi connectivity index (χ1n) is 7.64. The van der Waals surface area contributed by atoms with E-state index in [0.717, 1.165) is 16.2 Å². The SMILES string of the molecule is Cc1ccc(Cc2cnc(NC(=O)CN3C(=O)CCC3=O)s2)cc1. The highest BCUT2D eigenvalue weighted by Gasteiger charge is 2.30. The van der Waals surface area contributed by atoms with Gasteiger partial charge >= 0.3 is 0 Å². The van der Waals surface area contributed by atoms with Crippen LogP contribution in [0.3, 0.4) is 0 Å². The van der Waals surface area contributed by atoms with Crippen molar-refractivity contribution in [1.29, 1.82) is 0 Å². The number of amides is 3. The lowest BCUT2D eigenvalue weighted by Gasteiger charge is -2.12. The normalized spacial score (nSPS) is 14.3. The minimum absolute atomic E-state index is 0.185. The zero-order valence-corrected chi connectivity index (χ0v) is 14.1. The lowest BCUT2D eigenvalue weighted by molar-refractivity contribution is -0.141. The zero-order valence-electron chi connectivity index (χ0n) is 13.2. The van der Waals surface area contributed by atoms with Crippen molar-refractivity contribution in [3.05, 3.63) is 46.5 Å². The number of nitrogens with zero attached hydrogens (tertiary/aromatic N) is 2. The number of rotatable bonds is 5. The molecule has 0 radical (unpaired) electrons. The second-order valence-electron chi connectivity index (χ2n) is 5.72. The van der Waals surface area contributed by atoms with Gasteiger partial charge in [-0.1, -0.05) is 29.8 Å². The molecule has 1 aromatic heterocycles. The van der Waals surface area contributed by atoms with Crippen LogP contribution in [0.1, 0.15) is 28.8 Å². The number of thiazole rings is 1. The van der Waals surface area contributed by atoms with Crippen molar-refractivity contribution in [2.24, 2.45) is 0 Å². The Hall–Kier alpha value is -2.54. The second-order valence-corrected chi connectivity index (χ2v) is 6.83. The Kier molecular flexibility index (Phi) is 4.71. The Bertz CT molecular complexity index is 767. The predicted octanol–water partition coefficient (Wildman–Crippen LogP) is 2.13. The minimum Gasteiger partial charge on any atom is -0.300 e. The van der Waals surface area contributed by atoms with E-state index in [4.69, 9.17) is 0 Å². The first kappa shape index (κ1) is 16.3. The van der Waals surface area contributed by atoms with Crippen LogP contribution in [0.5, 0.6) is 0 Å². The fourth-order valence-electron chi connectivity index (χ4n) is 2.46. The largest absolute Gasteiger partial charge is 0.300 e. The summed E-state index contributed by atoms with van der Waals surface area (Å²) >= 11 is 1.39. The Labute approximate surface area is 143 Å². The van der Waals surface area contributed by atoms with E-state index in [-0.39, 0.29) is 31.2 Å². The Balaban J connectivity index is 1.57. The molecule has 2 heterocycles. The highest BCUT2D eigenvalue weighted by atomic mass is 32.1. The van der Waals surface area contributed by atoms with Gasteiger partial charge in [-0.3, -0.25) is 19.3 Å². The number of hydrogen-bond donors (Lipinski definition) is 1. The molecule has 1 saturated heterocycles. The fraction of sp³-hybridized carbons (Fsp3) is 0.294. The lowest BCUT2D eigenvalue weighted by Crippen LogP contribution is -2.36. The van der Waals surface area contributed by atoms with Gasteiger partial charge in [0.2, 0.25) is 17.7 Å². The van der Waals surface area contributed by atoms with Crippen LogP contribution in [-0.2, 0) is 20.8 Å². The number of nitrogens with one attached hydrogen (secondary N) is 1. The maximum Gasteiger partial charge on any atom is 0.246 e. The van der Waals surface area contributed by atoms with Gasteiger partial charge in [-0.05, 0) is 12.5 Å². The van der Waals surface area contributed by atoms with Gasteiger partial charge in [-0.2, -0.15) is 0 Å². The van der Waals surface area contributed by atoms with Crippen molar-refractivity contribution in [3.63, 3.8) is 0 Å². The molecule has 0 spiro atoms. The third-order valence-electron chi connectivity index (χ3n) is 3.76. The molecule has 1 aliphatic heterocycles. The van der Waals surface area contributed by atoms with E-state index < -0.39 is 5.91 Å². The van der Waals surface area contributed by atoms with E-state index >= 15 is 0 Å². The highest BCUT2D eigenvalue weighted by Crippen LogP contribution is 2.21. The zero-order chi connectivity index (χ0) is 17.1. The molecule has 7 heteroatoms. The fourth-order valence-corrected chi connectivity index (χ4v) is 3.32. The molecular weight excluding hydrogens is 326 g/mol. The molecule has 0 aliphatic carbocycles. The third kappa shape index (κ3) is 3.86. The first-order valence-corrected chi connectivity index (χ1v) is 8.46. The molecule has 0 unspecified atom stereocenters. The molecule has 0 atom stereocenters. The molecular formula is C17H17N3O3S. The molecule has 1 N–H and O–H groups in total. The van der Waals surface area contributed by atoms with E-state index in [9.17, 15) is 14.4 Å². The smallest absolute Gasteiger partial charge is 0.246 e. The summed E-state index contributed by atoms with van der Waals surface area (Å²) in [6, 6.07) is 8.25. The molecule has 3 amide bonds. The molecule has 124 valence electrons. The van der Waals surface area contributed by atoms with Crippen LogP contribution in [0.15, 0.2) is 30.5 Å². The minimum atomic E-state index is -0.408. The molecule has 2 aromatic rings. The van der Waals surface area contributed by atoms with Gasteiger partial charge in [0.25, 0.3) is 0 Å². The van der Waals surface area contributed by atoms with E-state index in [0.29, 0.717) is 5.13 Å². The number of aromatic nitrogens is 1. The van der Waals surface area contributed by atoms with Crippen LogP contribution < -0.4 is 5.32 Å². The summed E-state index contributed by atoms with van der Waals surface area (Å²) in [5, 5.41) is 3.12. The molecule has 1 fully saturated rings. The second kappa shape index (κ2) is 6.92. The number of likely N-dealkylation sites (tertiary alicyclic amines) is 1. The van der Waals surface area contributed by atoms with Crippen molar-refractivity contribution in [3.8, 4) is 0 Å². The summed E-state index contributed by atoms with van der Waals surface area (Å²) in [6.07, 6.45) is 2.84. The van der Waals surface area contributed by atoms with E-state index in [1.807, 2.05) is 6.92 Å². The van der Waals surface area contributed by atoms with Crippen molar-refractivity contribution in [2.45, 2.75) is 26.2 Å². The summed E-state index contributed by atoms with van der Waals surface area (Å²) < 4.78 is 0. The molecule has 1 aromatic carbocycles. The Morgan fingerprint density at radius 1 is 1.21 bits per heavy atom. The van der Waals surface area contributed by atoms with Crippen molar-refractivity contribution >= 4 is 34.2 Å². The number of carbonyl (C=O) groups is 3. The number of imide groups is 1. The maximum atomic E-state index is 12.0. The van der Waals surface area contributed by atoms with Gasteiger partial charge in [0.15, 0.2) is 5.13 Å².